The molecule has 0 unspecified atom stereocenters. The maximum absolute atomic E-state index is 11.5. The van der Waals surface area contributed by atoms with E-state index in [0.29, 0.717) is 0 Å². The summed E-state index contributed by atoms with van der Waals surface area (Å²) in [4.78, 5) is 0. The summed E-state index contributed by atoms with van der Waals surface area (Å²) in [5, 5.41) is 0. The Morgan fingerprint density at radius 1 is 0.727 bits per heavy atom. The van der Waals surface area contributed by atoms with Crippen LogP contribution < -0.4 is 0 Å². The second kappa shape index (κ2) is 2.82. The molecule has 0 saturated heterocycles. The van der Waals surface area contributed by atoms with Gasteiger partial charge >= 0.3 is 18.2 Å². The van der Waals surface area contributed by atoms with Gasteiger partial charge in [-0.05, 0) is 0 Å². The highest BCUT2D eigenvalue weighted by Gasteiger charge is 2.78. The van der Waals surface area contributed by atoms with Crippen molar-refractivity contribution in [1.29, 1.82) is 0 Å². The quantitative estimate of drug-likeness (QED) is 0.307. The molecule has 11 heavy (non-hydrogen) atoms. The summed E-state index contributed by atoms with van der Waals surface area (Å²) in [7, 11) is -14.1. The van der Waals surface area contributed by atoms with Gasteiger partial charge in [0.25, 0.3) is 3.58 Å². The van der Waals surface area contributed by atoms with E-state index in [2.05, 4.69) is 23.2 Å². The molecule has 0 aliphatic rings. The van der Waals surface area contributed by atoms with Gasteiger partial charge in [-0.3, -0.25) is 0 Å². The second-order valence-corrected chi connectivity index (χ2v) is 8.16. The van der Waals surface area contributed by atoms with Crippen LogP contribution in [0.1, 0.15) is 0 Å². The van der Waals surface area contributed by atoms with Crippen LogP contribution in [-0.2, 0) is 0 Å². The first-order chi connectivity index (χ1) is 4.50. The summed E-state index contributed by atoms with van der Waals surface area (Å²) >= 11 is 8.25. The van der Waals surface area contributed by atoms with Crippen LogP contribution in [0.25, 0.3) is 0 Å². The van der Waals surface area contributed by atoms with Crippen molar-refractivity contribution in [3.05, 3.63) is 0 Å². The highest BCUT2D eigenvalue weighted by Crippen LogP contribution is 2.44. The summed E-state index contributed by atoms with van der Waals surface area (Å²) in [5.41, 5.74) is 0. The van der Waals surface area contributed by atoms with Crippen molar-refractivity contribution in [2.45, 2.75) is 3.58 Å². The SMILES string of the molecule is F[Si](F)(F)C(Cl)(Cl)[Si](F)(F)F. The third-order valence-electron chi connectivity index (χ3n) is 0.712. The minimum atomic E-state index is -7.05. The third-order valence-corrected chi connectivity index (χ3v) is 6.41. The van der Waals surface area contributed by atoms with E-state index in [1.807, 2.05) is 0 Å². The summed E-state index contributed by atoms with van der Waals surface area (Å²) in [5.74, 6) is 0. The average Bonchev–Trinajstić information content (AvgIpc) is 1.58. The van der Waals surface area contributed by atoms with Crippen molar-refractivity contribution in [2.75, 3.05) is 0 Å². The molecule has 0 N–H and O–H groups in total. The van der Waals surface area contributed by atoms with Crippen LogP contribution in [0.4, 0.5) is 24.6 Å². The predicted molar refractivity (Wildman–Crippen MR) is 32.6 cm³/mol. The van der Waals surface area contributed by atoms with Crippen molar-refractivity contribution in [3.63, 3.8) is 0 Å². The van der Waals surface area contributed by atoms with Gasteiger partial charge in [-0.2, -0.15) is 0 Å². The van der Waals surface area contributed by atoms with Gasteiger partial charge < -0.3 is 0 Å². The van der Waals surface area contributed by atoms with Crippen LogP contribution in [0, 0.1) is 0 Å². The molecule has 68 valence electrons. The predicted octanol–water partition coefficient (Wildman–Crippen LogP) is 2.93. The molecule has 0 aromatic rings. The number of halogens is 8. The van der Waals surface area contributed by atoms with Crippen LogP contribution in [0.3, 0.4) is 0 Å². The lowest BCUT2D eigenvalue weighted by Crippen LogP contribution is -2.55. The molecular formula is CCl2F6Si2. The van der Waals surface area contributed by atoms with E-state index in [-0.39, 0.29) is 0 Å². The number of hydrogen-bond acceptors (Lipinski definition) is 0. The fraction of sp³-hybridized carbons (Fsp3) is 1.00. The Kier molecular flexibility index (Phi) is 2.97. The van der Waals surface area contributed by atoms with Crippen molar-refractivity contribution in [2.24, 2.45) is 0 Å². The zero-order valence-electron chi connectivity index (χ0n) is 4.52. The first-order valence-electron chi connectivity index (χ1n) is 2.01. The molecule has 0 fully saturated rings. The van der Waals surface area contributed by atoms with Crippen LogP contribution >= 0.6 is 23.2 Å². The highest BCUT2D eigenvalue weighted by molar-refractivity contribution is 7.03. The van der Waals surface area contributed by atoms with Crippen molar-refractivity contribution in [3.8, 4) is 0 Å². The number of alkyl halides is 2. The second-order valence-electron chi connectivity index (χ2n) is 1.57. The van der Waals surface area contributed by atoms with E-state index in [1.54, 1.807) is 0 Å². The zero-order chi connectivity index (χ0) is 9.50. The van der Waals surface area contributed by atoms with Crippen LogP contribution in [-0.4, -0.2) is 21.7 Å². The monoisotopic (exact) mass is 252 g/mol. The average molecular weight is 253 g/mol. The van der Waals surface area contributed by atoms with E-state index in [0.717, 1.165) is 0 Å². The first kappa shape index (κ1) is 11.6. The minimum absolute atomic E-state index is 4.13. The van der Waals surface area contributed by atoms with Gasteiger partial charge in [-0.15, -0.1) is 0 Å². The summed E-state index contributed by atoms with van der Waals surface area (Å²) in [6.45, 7) is 0. The lowest BCUT2D eigenvalue weighted by Gasteiger charge is -2.19. The summed E-state index contributed by atoms with van der Waals surface area (Å²) in [6.07, 6.45) is 0. The molecule has 0 saturated carbocycles. The Balaban J connectivity index is 4.75. The Bertz CT molecular complexity index is 130. The Hall–Kier alpha value is 0.594. The molecule has 0 amide bonds. The van der Waals surface area contributed by atoms with Gasteiger partial charge in [0, 0.05) is 0 Å². The van der Waals surface area contributed by atoms with E-state index < -0.39 is 21.7 Å². The maximum atomic E-state index is 11.5. The van der Waals surface area contributed by atoms with Crippen molar-refractivity contribution < 1.29 is 24.6 Å². The van der Waals surface area contributed by atoms with E-state index in [4.69, 9.17) is 0 Å². The van der Waals surface area contributed by atoms with Gasteiger partial charge in [0.05, 0.1) is 0 Å². The van der Waals surface area contributed by atoms with Crippen molar-refractivity contribution >= 4 is 41.4 Å². The maximum Gasteiger partial charge on any atom is 0.660 e. The smallest absolute Gasteiger partial charge is 0.236 e. The molecule has 0 rings (SSSR count). The number of rotatable bonds is 2. The summed E-state index contributed by atoms with van der Waals surface area (Å²) < 4.78 is 64.7. The Labute approximate surface area is 70.1 Å². The minimum Gasteiger partial charge on any atom is -0.236 e. The first-order valence-corrected chi connectivity index (χ1v) is 6.04. The van der Waals surface area contributed by atoms with E-state index in [1.165, 1.54) is 0 Å². The molecule has 0 spiro atoms. The van der Waals surface area contributed by atoms with E-state index >= 15 is 0 Å². The van der Waals surface area contributed by atoms with Gasteiger partial charge in [-0.1, -0.05) is 23.2 Å². The summed E-state index contributed by atoms with van der Waals surface area (Å²) in [6, 6.07) is 0. The lowest BCUT2D eigenvalue weighted by molar-refractivity contribution is 0.417. The van der Waals surface area contributed by atoms with E-state index in [9.17, 15) is 24.6 Å². The normalized spacial score (nSPS) is 15.3. The number of hydrogen-bond donors (Lipinski definition) is 0. The largest absolute Gasteiger partial charge is 0.660 e. The highest BCUT2D eigenvalue weighted by atomic mass is 35.5. The molecule has 0 radical (unpaired) electrons. The zero-order valence-corrected chi connectivity index (χ0v) is 8.04. The molecular weight excluding hydrogens is 253 g/mol. The molecule has 0 aliphatic heterocycles. The molecule has 0 nitrogen and oxygen atoms in total. The Morgan fingerprint density at radius 2 is 0.909 bits per heavy atom. The molecule has 0 aromatic carbocycles. The molecule has 0 heterocycles. The standard InChI is InChI=1S/CCl2F6Si2/c2-1(3,10(4,5)6)11(7,8)9. The van der Waals surface area contributed by atoms with Gasteiger partial charge in [0.1, 0.15) is 0 Å². The molecule has 10 heteroatoms. The van der Waals surface area contributed by atoms with Gasteiger partial charge in [-0.25, -0.2) is 24.6 Å². The Morgan fingerprint density at radius 3 is 0.909 bits per heavy atom. The lowest BCUT2D eigenvalue weighted by atomic mass is 11.8. The fourth-order valence-corrected chi connectivity index (χ4v) is 1.45. The van der Waals surface area contributed by atoms with Gasteiger partial charge in [0.2, 0.25) is 0 Å². The van der Waals surface area contributed by atoms with Gasteiger partial charge in [0.15, 0.2) is 0 Å². The van der Waals surface area contributed by atoms with Crippen LogP contribution in [0.2, 0.25) is 0 Å². The third kappa shape index (κ3) is 2.26. The van der Waals surface area contributed by atoms with Crippen molar-refractivity contribution in [1.82, 2.24) is 0 Å². The molecule has 0 atom stereocenters. The topological polar surface area (TPSA) is 0 Å². The molecule has 0 aliphatic carbocycles. The van der Waals surface area contributed by atoms with Crippen LogP contribution in [0.5, 0.6) is 0 Å². The fourth-order valence-electron chi connectivity index (χ4n) is 0.161. The van der Waals surface area contributed by atoms with Crippen LogP contribution in [0.15, 0.2) is 0 Å². The molecule has 0 bridgehead atoms. The molecule has 0 aromatic heterocycles.